The topological polar surface area (TPSA) is 353 Å². The van der Waals surface area contributed by atoms with Gasteiger partial charge in [0.15, 0.2) is 0 Å². The predicted octanol–water partition coefficient (Wildman–Crippen LogP) is 23.0. The van der Waals surface area contributed by atoms with Crippen LogP contribution in [0.4, 0.5) is 10.1 Å². The number of aromatic nitrogens is 13. The minimum Gasteiger partial charge on any atom is -0.497 e. The summed E-state index contributed by atoms with van der Waals surface area (Å²) >= 11 is 6.07. The smallest absolute Gasteiger partial charge is 0.353 e. The molecular weight excluding hydrogens is 1650 g/mol. The van der Waals surface area contributed by atoms with Crippen LogP contribution in [0.5, 0.6) is 46.0 Å². The molecule has 28 heteroatoms. The van der Waals surface area contributed by atoms with Gasteiger partial charge in [0.05, 0.1) is 122 Å². The highest BCUT2D eigenvalue weighted by molar-refractivity contribution is 6.33. The lowest BCUT2D eigenvalue weighted by Crippen LogP contribution is -2.12. The van der Waals surface area contributed by atoms with E-state index in [-0.39, 0.29) is 11.6 Å². The van der Waals surface area contributed by atoms with E-state index in [4.69, 9.17) is 54.3 Å². The summed E-state index contributed by atoms with van der Waals surface area (Å²) in [4.78, 5) is 27.2. The lowest BCUT2D eigenvalue weighted by molar-refractivity contribution is 0.0690. The van der Waals surface area contributed by atoms with Gasteiger partial charge in [0.25, 0.3) is 5.91 Å². The molecule has 0 aliphatic rings. The largest absolute Gasteiger partial charge is 0.497 e. The molecule has 26 nitrogen and oxygen atoms in total. The Hall–Kier alpha value is -17.4. The molecule has 0 aliphatic heterocycles. The third-order valence-corrected chi connectivity index (χ3v) is 20.3. The van der Waals surface area contributed by atoms with Crippen LogP contribution in [0.25, 0.3) is 124 Å². The summed E-state index contributed by atoms with van der Waals surface area (Å²) in [7, 11) is 9.66. The number of methoxy groups -OCH3 is 6. The van der Waals surface area contributed by atoms with Crippen molar-refractivity contribution in [2.45, 2.75) is 6.92 Å². The fourth-order valence-electron chi connectivity index (χ4n) is 13.5. The zero-order valence-electron chi connectivity index (χ0n) is 70.5. The van der Waals surface area contributed by atoms with Crippen molar-refractivity contribution in [1.29, 1.82) is 5.26 Å². The summed E-state index contributed by atoms with van der Waals surface area (Å²) in [5.74, 6) is 3.78. The van der Waals surface area contributed by atoms with Gasteiger partial charge in [0.2, 0.25) is 0 Å². The van der Waals surface area contributed by atoms with Gasteiger partial charge >= 0.3 is 5.97 Å². The van der Waals surface area contributed by atoms with Crippen molar-refractivity contribution in [2.24, 2.45) is 0 Å². The highest BCUT2D eigenvalue weighted by Crippen LogP contribution is 2.40. The molecule has 19 rings (SSSR count). The van der Waals surface area contributed by atoms with Gasteiger partial charge in [-0.3, -0.25) is 40.4 Å². The van der Waals surface area contributed by atoms with Crippen LogP contribution < -0.4 is 38.5 Å². The van der Waals surface area contributed by atoms with E-state index in [9.17, 15) is 19.2 Å². The number of nitrogens with zero attached hydrogens (tertiary/aromatic N) is 8. The number of carbonyl (C=O) groups is 2. The Kier molecular flexibility index (Phi) is 29.1. The number of carboxylic acids is 1. The Morgan fingerprint density at radius 3 is 1.42 bits per heavy atom. The zero-order chi connectivity index (χ0) is 90.0. The van der Waals surface area contributed by atoms with Crippen LogP contribution in [0.2, 0.25) is 5.02 Å². The molecule has 1 amide bonds. The number of carboxylic acid groups (broad SMARTS) is 1. The molecule has 0 spiro atoms. The van der Waals surface area contributed by atoms with E-state index in [1.165, 1.54) is 23.3 Å². The van der Waals surface area contributed by atoms with Crippen molar-refractivity contribution in [3.8, 4) is 165 Å². The van der Waals surface area contributed by atoms with Crippen molar-refractivity contribution in [3.63, 3.8) is 0 Å². The van der Waals surface area contributed by atoms with Gasteiger partial charge < -0.3 is 48.0 Å². The van der Waals surface area contributed by atoms with Crippen LogP contribution in [0, 0.1) is 24.1 Å². The maximum absolute atomic E-state index is 13.9. The number of aromatic carboxylic acids is 1. The minimum atomic E-state index is -1.03. The molecule has 8 N–H and O–H groups in total. The number of nitriles is 1. The molecular formula is C101H83ClFN15O11. The number of amides is 1. The summed E-state index contributed by atoms with van der Waals surface area (Å²) < 4.78 is 57.2. The van der Waals surface area contributed by atoms with Gasteiger partial charge in [-0.05, 0) is 170 Å². The molecule has 129 heavy (non-hydrogen) atoms. The molecule has 0 aliphatic carbocycles. The van der Waals surface area contributed by atoms with E-state index in [2.05, 4.69) is 103 Å². The number of anilines is 1. The van der Waals surface area contributed by atoms with E-state index < -0.39 is 11.8 Å². The number of rotatable bonds is 21. The number of pyridine rings is 1. The van der Waals surface area contributed by atoms with E-state index in [0.717, 1.165) is 101 Å². The van der Waals surface area contributed by atoms with E-state index in [1.54, 1.807) is 116 Å². The number of carbonyl (C=O) groups excluding carboxylic acids is 1. The van der Waals surface area contributed by atoms with Gasteiger partial charge in [-0.2, -0.15) is 35.9 Å². The second-order valence-corrected chi connectivity index (χ2v) is 28.4. The van der Waals surface area contributed by atoms with Gasteiger partial charge in [-0.1, -0.05) is 151 Å². The number of nitrogens with one attached hydrogen (secondary N) is 7. The molecule has 642 valence electrons. The van der Waals surface area contributed by atoms with Crippen molar-refractivity contribution in [2.75, 3.05) is 48.0 Å². The first-order valence-corrected chi connectivity index (χ1v) is 40.3. The lowest BCUT2D eigenvalue weighted by Gasteiger charge is -2.10. The van der Waals surface area contributed by atoms with Crippen LogP contribution in [0.15, 0.2) is 332 Å². The van der Waals surface area contributed by atoms with Crippen LogP contribution in [0.3, 0.4) is 0 Å². The molecule has 0 atom stereocenters. The highest BCUT2D eigenvalue weighted by Gasteiger charge is 2.21. The first kappa shape index (κ1) is 87.9. The van der Waals surface area contributed by atoms with Crippen molar-refractivity contribution in [3.05, 3.63) is 361 Å². The Labute approximate surface area is 744 Å². The minimum absolute atomic E-state index is 0.0564. The normalized spacial score (nSPS) is 10.4. The number of hydrogen-bond donors (Lipinski definition) is 8. The fraction of sp³-hybridized carbons (Fsp3) is 0.0693. The van der Waals surface area contributed by atoms with Gasteiger partial charge in [-0.15, -0.1) is 0 Å². The van der Waals surface area contributed by atoms with Crippen molar-refractivity contribution < 1.29 is 56.7 Å². The first-order chi connectivity index (χ1) is 63.1. The molecule has 8 heterocycles. The number of halogens is 2. The highest BCUT2D eigenvalue weighted by atomic mass is 35.5. The lowest BCUT2D eigenvalue weighted by atomic mass is 10.0. The Bertz CT molecular complexity index is 7020. The quantitative estimate of drug-likeness (QED) is 0.0331. The van der Waals surface area contributed by atoms with Crippen LogP contribution in [-0.2, 0) is 0 Å². The van der Waals surface area contributed by atoms with Crippen LogP contribution in [0.1, 0.15) is 32.1 Å². The number of hydrogen-bond acceptors (Lipinski definition) is 18. The van der Waals surface area contributed by atoms with E-state index in [1.807, 2.05) is 224 Å². The van der Waals surface area contributed by atoms with E-state index in [0.29, 0.717) is 84.8 Å². The molecule has 8 aromatic heterocycles. The average Bonchev–Trinajstić information content (AvgIpc) is 1.84. The number of benzene rings is 11. The third kappa shape index (κ3) is 21.6. The predicted molar refractivity (Wildman–Crippen MR) is 495 cm³/mol. The summed E-state index contributed by atoms with van der Waals surface area (Å²) in [6.07, 6.45) is 5.18. The monoisotopic (exact) mass is 1740 g/mol. The first-order valence-electron chi connectivity index (χ1n) is 40.0. The van der Waals surface area contributed by atoms with Crippen molar-refractivity contribution >= 4 is 40.1 Å². The molecule has 0 bridgehead atoms. The number of ether oxygens (including phenoxy) is 7. The molecule has 0 radical (unpaired) electrons. The Morgan fingerprint density at radius 2 is 0.868 bits per heavy atom. The average molecular weight is 1740 g/mol. The summed E-state index contributed by atoms with van der Waals surface area (Å²) in [5.41, 5.74) is 20.1. The molecule has 0 unspecified atom stereocenters. The fourth-order valence-corrected chi connectivity index (χ4v) is 13.8. The number of H-pyrrole nitrogens is 6. The summed E-state index contributed by atoms with van der Waals surface area (Å²) in [5, 5.41) is 65.0. The standard InChI is InChI=1S/C21H14N4O.C18H17N3O3.C18H14N2O2.C17H16N2O.C16H12ClFN2O.C11H10N2O3/c22-13-15-6-1-3-9-20(15)26-21-10-4-2-8-17(21)19-12-18(24-25-19)16-7-5-11-23-14-16;1-23-13-7-5-6-12(10-13)19-18(22)16-11-15(20-21-16)14-8-3-4-9-17(14)24-2;1-21-18-11-17-13(7-8-22-17)9-14(18)16-10-15(19-20-16)12-5-3-2-4-6-12;1-12-7-3-4-8-13(12)15-11-16(19-18-15)14-9-5-6-10-17(14)20-2;1-21-15-8-3-2-5-10(15)13-9-14(20-19-13)16-11(17)6-4-7-12(16)18;1-16-10-5-3-2-4-7(10)8-6-9(11(14)15)13-12-8/h1-12,14H,(H,24,25);3-11H,1-2H3,(H,19,22)(H,20,21);2-11H,1H3,(H,19,20);3-11H,1-2H3,(H,18,19);2-9H,1H3,(H,19,20);2-6H,1H3,(H,12,13)(H,14,15). The summed E-state index contributed by atoms with van der Waals surface area (Å²) in [6, 6.07) is 97.9. The maximum Gasteiger partial charge on any atom is 0.353 e. The number of furan rings is 1. The molecule has 19 aromatic rings. The Morgan fingerprint density at radius 1 is 0.411 bits per heavy atom. The molecule has 0 saturated carbocycles. The van der Waals surface area contributed by atoms with Crippen LogP contribution >= 0.6 is 11.6 Å². The van der Waals surface area contributed by atoms with Gasteiger partial charge in [-0.25, -0.2) is 9.18 Å². The maximum atomic E-state index is 13.9. The number of fused-ring (bicyclic) bond motifs is 1. The Balaban J connectivity index is 0.000000126. The summed E-state index contributed by atoms with van der Waals surface area (Å²) in [6.45, 7) is 2.10. The second-order valence-electron chi connectivity index (χ2n) is 28.0. The van der Waals surface area contributed by atoms with Gasteiger partial charge in [0, 0.05) is 85.7 Å². The van der Waals surface area contributed by atoms with Crippen LogP contribution in [-0.4, -0.2) is 126 Å². The molecule has 0 fully saturated rings. The number of aryl methyl sites for hydroxylation is 1. The molecule has 0 saturated heterocycles. The third-order valence-electron chi connectivity index (χ3n) is 20.0. The zero-order valence-corrected chi connectivity index (χ0v) is 71.3. The second kappa shape index (κ2) is 42.6. The van der Waals surface area contributed by atoms with Crippen molar-refractivity contribution in [1.82, 2.24) is 66.2 Å². The van der Waals surface area contributed by atoms with E-state index >= 15 is 0 Å². The SMILES string of the molecule is COc1cc2occc2cc1-c1cc(-c2ccccc2)n[nH]1.COc1cccc(NC(=O)c2cc(-c3ccccc3OC)n[nH]2)c1.COc1ccccc1-c1cc(-c2c(F)cccc2Cl)[nH]n1.COc1ccccc1-c1cc(-c2ccccc2C)[nH]n1.COc1ccccc1-c1cc(C(=O)O)[nH]n1.N#Cc1ccccc1Oc1ccccc1-c1cc(-c2cccnc2)n[nH]1. The number of para-hydroxylation sites is 6. The molecule has 11 aromatic carbocycles. The number of aromatic amines is 6. The van der Waals surface area contributed by atoms with Gasteiger partial charge in [0.1, 0.15) is 74.9 Å².